The zero-order valence-electron chi connectivity index (χ0n) is 15.7. The number of benzene rings is 1. The second-order valence-corrected chi connectivity index (χ2v) is 6.36. The van der Waals surface area contributed by atoms with Gasteiger partial charge in [-0.05, 0) is 39.7 Å². The maximum absolute atomic E-state index is 5.86. The lowest BCUT2D eigenvalue weighted by molar-refractivity contribution is 0.138. The normalized spacial score (nSPS) is 12.9. The monoisotopic (exact) mass is 326 g/mol. The zero-order chi connectivity index (χ0) is 17.8. The van der Waals surface area contributed by atoms with E-state index in [2.05, 4.69) is 49.3 Å². The van der Waals surface area contributed by atoms with Crippen LogP contribution in [0.3, 0.4) is 0 Å². The molecule has 0 unspecified atom stereocenters. The largest absolute Gasteiger partial charge is 0.486 e. The molecule has 0 aliphatic heterocycles. The van der Waals surface area contributed by atoms with Crippen molar-refractivity contribution in [2.75, 3.05) is 0 Å². The Kier molecular flexibility index (Phi) is 10.1. The van der Waals surface area contributed by atoms with E-state index >= 15 is 0 Å². The van der Waals surface area contributed by atoms with Crippen LogP contribution in [0.5, 0.6) is 0 Å². The molecule has 24 heavy (non-hydrogen) atoms. The highest BCUT2D eigenvalue weighted by Crippen LogP contribution is 2.12. The van der Waals surface area contributed by atoms with Gasteiger partial charge in [-0.15, -0.1) is 0 Å². The molecule has 1 aromatic carbocycles. The molecule has 0 saturated heterocycles. The van der Waals surface area contributed by atoms with E-state index in [0.717, 1.165) is 12.8 Å². The lowest BCUT2D eigenvalue weighted by Gasteiger charge is -2.17. The first-order valence-corrected chi connectivity index (χ1v) is 8.92. The summed E-state index contributed by atoms with van der Waals surface area (Å²) in [6.07, 6.45) is 10.8. The standard InChI is InChI=1S/C21H31BO2/c1-6-12-21(17-22(23-18(2)3)24-19(4)5)16-11-10-15-20-13-8-7-9-14-20/h7-11,13-19H,6,12H2,1-5H3/b15-10+,16-11+,21-17+. The number of hydrogen-bond acceptors (Lipinski definition) is 2. The lowest BCUT2D eigenvalue weighted by atomic mass is 9.84. The van der Waals surface area contributed by atoms with Crippen molar-refractivity contribution >= 4 is 13.2 Å². The number of allylic oxidation sites excluding steroid dienone is 4. The third-order valence-corrected chi connectivity index (χ3v) is 3.21. The summed E-state index contributed by atoms with van der Waals surface area (Å²) in [6.45, 7) is 10.3. The molecule has 0 aliphatic carbocycles. The average Bonchev–Trinajstić information content (AvgIpc) is 2.51. The summed E-state index contributed by atoms with van der Waals surface area (Å²) in [5.41, 5.74) is 2.44. The Morgan fingerprint density at radius 1 is 1.00 bits per heavy atom. The van der Waals surface area contributed by atoms with Crippen LogP contribution in [0, 0.1) is 0 Å². The predicted octanol–water partition coefficient (Wildman–Crippen LogP) is 5.86. The smallest absolute Gasteiger partial charge is 0.405 e. The van der Waals surface area contributed by atoms with Gasteiger partial charge in [0.05, 0.1) is 0 Å². The van der Waals surface area contributed by atoms with Gasteiger partial charge in [-0.2, -0.15) is 0 Å². The Bertz CT molecular complexity index is 520. The van der Waals surface area contributed by atoms with Gasteiger partial charge < -0.3 is 9.31 Å². The Morgan fingerprint density at radius 3 is 2.17 bits per heavy atom. The minimum absolute atomic E-state index is 0.134. The van der Waals surface area contributed by atoms with Gasteiger partial charge in [-0.3, -0.25) is 0 Å². The molecular formula is C21H31BO2. The summed E-state index contributed by atoms with van der Waals surface area (Å²) >= 11 is 0. The molecule has 0 radical (unpaired) electrons. The molecule has 1 rings (SSSR count). The van der Waals surface area contributed by atoms with Crippen molar-refractivity contribution in [1.82, 2.24) is 0 Å². The molecule has 0 heterocycles. The molecule has 0 bridgehead atoms. The van der Waals surface area contributed by atoms with Gasteiger partial charge in [-0.25, -0.2) is 0 Å². The molecule has 3 heteroatoms. The number of hydrogen-bond donors (Lipinski definition) is 0. The molecule has 0 aromatic heterocycles. The van der Waals surface area contributed by atoms with Crippen LogP contribution in [-0.2, 0) is 9.31 Å². The van der Waals surface area contributed by atoms with Gasteiger partial charge in [0, 0.05) is 12.2 Å². The van der Waals surface area contributed by atoms with Gasteiger partial charge in [0.2, 0.25) is 0 Å². The van der Waals surface area contributed by atoms with E-state index in [4.69, 9.17) is 9.31 Å². The first kappa shape index (κ1) is 20.5. The van der Waals surface area contributed by atoms with Gasteiger partial charge in [-0.1, -0.05) is 79.5 Å². The van der Waals surface area contributed by atoms with Gasteiger partial charge >= 0.3 is 7.12 Å². The molecule has 0 saturated carbocycles. The second kappa shape index (κ2) is 11.9. The lowest BCUT2D eigenvalue weighted by Crippen LogP contribution is -2.28. The van der Waals surface area contributed by atoms with Crippen molar-refractivity contribution < 1.29 is 9.31 Å². The molecule has 0 N–H and O–H groups in total. The van der Waals surface area contributed by atoms with Crippen molar-refractivity contribution in [1.29, 1.82) is 0 Å². The van der Waals surface area contributed by atoms with Crippen molar-refractivity contribution in [3.8, 4) is 0 Å². The van der Waals surface area contributed by atoms with E-state index in [9.17, 15) is 0 Å². The fourth-order valence-electron chi connectivity index (χ4n) is 2.24. The quantitative estimate of drug-likeness (QED) is 0.396. The van der Waals surface area contributed by atoms with Crippen LogP contribution in [0.4, 0.5) is 0 Å². The molecule has 2 nitrogen and oxygen atoms in total. The van der Waals surface area contributed by atoms with Crippen LogP contribution in [0.2, 0.25) is 0 Å². The van der Waals surface area contributed by atoms with E-state index in [1.54, 1.807) is 0 Å². The number of rotatable bonds is 10. The van der Waals surface area contributed by atoms with Crippen LogP contribution >= 0.6 is 0 Å². The van der Waals surface area contributed by atoms with E-state index in [-0.39, 0.29) is 19.3 Å². The molecule has 0 spiro atoms. The van der Waals surface area contributed by atoms with Crippen LogP contribution in [-0.4, -0.2) is 19.3 Å². The Balaban J connectivity index is 2.78. The highest BCUT2D eigenvalue weighted by atomic mass is 16.6. The first-order chi connectivity index (χ1) is 11.5. The highest BCUT2D eigenvalue weighted by Gasteiger charge is 2.18. The van der Waals surface area contributed by atoms with Crippen LogP contribution in [0.25, 0.3) is 6.08 Å². The average molecular weight is 326 g/mol. The van der Waals surface area contributed by atoms with Crippen LogP contribution in [0.1, 0.15) is 53.0 Å². The second-order valence-electron chi connectivity index (χ2n) is 6.36. The summed E-state index contributed by atoms with van der Waals surface area (Å²) in [5, 5.41) is 0. The minimum Gasteiger partial charge on any atom is -0.405 e. The van der Waals surface area contributed by atoms with Gasteiger partial charge in [0.25, 0.3) is 0 Å². The minimum atomic E-state index is -0.297. The van der Waals surface area contributed by atoms with Crippen LogP contribution in [0.15, 0.2) is 60.1 Å². The van der Waals surface area contributed by atoms with E-state index in [0.29, 0.717) is 0 Å². The third-order valence-electron chi connectivity index (χ3n) is 3.21. The Morgan fingerprint density at radius 2 is 1.62 bits per heavy atom. The van der Waals surface area contributed by atoms with Gasteiger partial charge in [0.1, 0.15) is 0 Å². The van der Waals surface area contributed by atoms with Crippen molar-refractivity contribution in [3.05, 3.63) is 65.7 Å². The molecule has 0 fully saturated rings. The van der Waals surface area contributed by atoms with E-state index in [1.807, 2.05) is 45.9 Å². The van der Waals surface area contributed by atoms with E-state index < -0.39 is 0 Å². The highest BCUT2D eigenvalue weighted by molar-refractivity contribution is 6.51. The summed E-state index contributed by atoms with van der Waals surface area (Å²) in [5.74, 6) is 2.09. The van der Waals surface area contributed by atoms with Crippen molar-refractivity contribution in [3.63, 3.8) is 0 Å². The maximum Gasteiger partial charge on any atom is 0.486 e. The molecular weight excluding hydrogens is 295 g/mol. The zero-order valence-corrected chi connectivity index (χ0v) is 15.7. The van der Waals surface area contributed by atoms with Crippen molar-refractivity contribution in [2.45, 2.75) is 59.7 Å². The first-order valence-electron chi connectivity index (χ1n) is 8.92. The predicted molar refractivity (Wildman–Crippen MR) is 106 cm³/mol. The van der Waals surface area contributed by atoms with E-state index in [1.165, 1.54) is 11.1 Å². The molecule has 0 atom stereocenters. The fourth-order valence-corrected chi connectivity index (χ4v) is 2.24. The Hall–Kier alpha value is -1.58. The summed E-state index contributed by atoms with van der Waals surface area (Å²) in [7, 11) is -0.297. The third kappa shape index (κ3) is 9.54. The molecule has 1 aromatic rings. The maximum atomic E-state index is 5.86. The SMILES string of the molecule is CCCC(/C=C/C=C/c1ccccc1)=C\B(OC(C)C)OC(C)C. The van der Waals surface area contributed by atoms with Crippen LogP contribution < -0.4 is 0 Å². The summed E-state index contributed by atoms with van der Waals surface area (Å²) in [4.78, 5) is 0. The topological polar surface area (TPSA) is 18.5 Å². The van der Waals surface area contributed by atoms with Gasteiger partial charge in [0.15, 0.2) is 0 Å². The molecule has 0 amide bonds. The molecule has 0 aliphatic rings. The fraction of sp³-hybridized carbons (Fsp3) is 0.429. The Labute approximate surface area is 148 Å². The summed E-state index contributed by atoms with van der Waals surface area (Å²) < 4.78 is 11.7. The molecule has 130 valence electrons. The van der Waals surface area contributed by atoms with Crippen molar-refractivity contribution in [2.24, 2.45) is 0 Å². The summed E-state index contributed by atoms with van der Waals surface area (Å²) in [6, 6.07) is 10.3.